The Labute approximate surface area is 60.4 Å². The second kappa shape index (κ2) is 3.27. The van der Waals surface area contributed by atoms with Gasteiger partial charge in [-0.15, -0.1) is 0 Å². The van der Waals surface area contributed by atoms with Crippen LogP contribution in [0.2, 0.25) is 0 Å². The molecule has 0 aromatic heterocycles. The van der Waals surface area contributed by atoms with Crippen molar-refractivity contribution >= 4 is 0 Å². The van der Waals surface area contributed by atoms with Crippen molar-refractivity contribution in [3.63, 3.8) is 0 Å². The average molecular weight is 139 g/mol. The molecule has 1 rings (SSSR count). The molecule has 1 heterocycles. The van der Waals surface area contributed by atoms with Gasteiger partial charge in [0.05, 0.1) is 6.61 Å². The molecule has 0 bridgehead atoms. The van der Waals surface area contributed by atoms with Crippen molar-refractivity contribution in [2.45, 2.75) is 0 Å². The van der Waals surface area contributed by atoms with E-state index in [9.17, 15) is 0 Å². The molecule has 0 saturated carbocycles. The van der Waals surface area contributed by atoms with E-state index in [-0.39, 0.29) is 6.61 Å². The first kappa shape index (κ1) is 7.15. The molecule has 1 aliphatic rings. The number of aliphatic hydroxyl groups excluding tert-OH is 1. The molecule has 1 radical (unpaired) electrons. The van der Waals surface area contributed by atoms with Crippen molar-refractivity contribution in [3.8, 4) is 0 Å². The van der Waals surface area contributed by atoms with Gasteiger partial charge in [-0.05, 0) is 18.4 Å². The van der Waals surface area contributed by atoms with Crippen molar-refractivity contribution in [2.24, 2.45) is 0 Å². The highest BCUT2D eigenvalue weighted by Gasteiger charge is 2.12. The van der Waals surface area contributed by atoms with Crippen LogP contribution in [-0.4, -0.2) is 18.8 Å². The number of allylic oxidation sites excluding steroid dienone is 2. The lowest BCUT2D eigenvalue weighted by molar-refractivity contribution is 0.302. The van der Waals surface area contributed by atoms with Crippen molar-refractivity contribution in [1.82, 2.24) is 10.6 Å². The Kier molecular flexibility index (Phi) is 2.34. The third-order valence-electron chi connectivity index (χ3n) is 1.37. The van der Waals surface area contributed by atoms with E-state index in [1.807, 2.05) is 19.2 Å². The number of aliphatic hydroxyl groups is 1. The highest BCUT2D eigenvalue weighted by Crippen LogP contribution is 2.08. The summed E-state index contributed by atoms with van der Waals surface area (Å²) in [6.07, 6.45) is 5.57. The first-order valence-electron chi connectivity index (χ1n) is 3.16. The van der Waals surface area contributed by atoms with Crippen LogP contribution in [-0.2, 0) is 0 Å². The van der Waals surface area contributed by atoms with E-state index in [4.69, 9.17) is 5.11 Å². The zero-order valence-electron chi connectivity index (χ0n) is 5.89. The van der Waals surface area contributed by atoms with Crippen LogP contribution in [0.3, 0.4) is 0 Å². The van der Waals surface area contributed by atoms with Crippen molar-refractivity contribution in [1.29, 1.82) is 0 Å². The van der Waals surface area contributed by atoms with Crippen LogP contribution in [0, 0.1) is 6.04 Å². The molecule has 0 aromatic carbocycles. The second-order valence-corrected chi connectivity index (χ2v) is 1.97. The summed E-state index contributed by atoms with van der Waals surface area (Å²) in [5, 5.41) is 14.7. The zero-order valence-corrected chi connectivity index (χ0v) is 5.89. The van der Waals surface area contributed by atoms with Crippen molar-refractivity contribution in [3.05, 3.63) is 30.1 Å². The van der Waals surface area contributed by atoms with E-state index in [1.54, 1.807) is 6.20 Å². The molecule has 1 aliphatic heterocycles. The number of rotatable bonds is 2. The molecule has 0 unspecified atom stereocenters. The summed E-state index contributed by atoms with van der Waals surface area (Å²) in [6.45, 7) is 0.0387. The molecule has 0 spiro atoms. The third-order valence-corrected chi connectivity index (χ3v) is 1.37. The fourth-order valence-corrected chi connectivity index (χ4v) is 0.836. The summed E-state index contributed by atoms with van der Waals surface area (Å²) in [6, 6.07) is 0.810. The summed E-state index contributed by atoms with van der Waals surface area (Å²) in [7, 11) is 1.82. The maximum absolute atomic E-state index is 8.78. The largest absolute Gasteiger partial charge is 0.393 e. The van der Waals surface area contributed by atoms with Gasteiger partial charge in [-0.25, -0.2) is 0 Å². The van der Waals surface area contributed by atoms with Gasteiger partial charge in [0, 0.05) is 12.7 Å². The Morgan fingerprint density at radius 1 is 1.70 bits per heavy atom. The van der Waals surface area contributed by atoms with E-state index in [2.05, 4.69) is 10.6 Å². The lowest BCUT2D eigenvalue weighted by Crippen LogP contribution is -2.29. The maximum Gasteiger partial charge on any atom is 0.131 e. The minimum atomic E-state index is 0.0387. The Morgan fingerprint density at radius 2 is 2.50 bits per heavy atom. The third kappa shape index (κ3) is 1.30. The van der Waals surface area contributed by atoms with E-state index in [0.717, 1.165) is 11.7 Å². The molecule has 0 aromatic rings. The van der Waals surface area contributed by atoms with Crippen LogP contribution >= 0.6 is 0 Å². The van der Waals surface area contributed by atoms with Crippen LogP contribution in [0.15, 0.2) is 24.0 Å². The molecule has 0 aliphatic carbocycles. The van der Waals surface area contributed by atoms with Gasteiger partial charge >= 0.3 is 0 Å². The van der Waals surface area contributed by atoms with Gasteiger partial charge in [0.15, 0.2) is 0 Å². The van der Waals surface area contributed by atoms with Crippen molar-refractivity contribution in [2.75, 3.05) is 13.7 Å². The fraction of sp³-hybridized carbons (Fsp3) is 0.286. The Bertz CT molecular complexity index is 163. The smallest absolute Gasteiger partial charge is 0.131 e. The molecule has 3 N–H and O–H groups in total. The molecular weight excluding hydrogens is 128 g/mol. The lowest BCUT2D eigenvalue weighted by atomic mass is 10.2. The SMILES string of the molecule is CNC1=CC=CN[C]1CO. The van der Waals surface area contributed by atoms with E-state index >= 15 is 0 Å². The van der Waals surface area contributed by atoms with E-state index in [1.165, 1.54) is 0 Å². The number of likely N-dealkylation sites (N-methyl/N-ethyl adjacent to an activating group) is 1. The van der Waals surface area contributed by atoms with Gasteiger partial charge in [-0.3, -0.25) is 0 Å². The Morgan fingerprint density at radius 3 is 3.00 bits per heavy atom. The molecule has 10 heavy (non-hydrogen) atoms. The zero-order chi connectivity index (χ0) is 7.40. The molecule has 0 atom stereocenters. The quantitative estimate of drug-likeness (QED) is 0.493. The van der Waals surface area contributed by atoms with Gasteiger partial charge in [0.2, 0.25) is 0 Å². The number of dihydropyridines is 1. The van der Waals surface area contributed by atoms with Gasteiger partial charge in [0.1, 0.15) is 6.04 Å². The highest BCUT2D eigenvalue weighted by atomic mass is 16.3. The molecule has 3 nitrogen and oxygen atoms in total. The summed E-state index contributed by atoms with van der Waals surface area (Å²) < 4.78 is 0. The highest BCUT2D eigenvalue weighted by molar-refractivity contribution is 5.30. The predicted molar refractivity (Wildman–Crippen MR) is 39.7 cm³/mol. The minimum absolute atomic E-state index is 0.0387. The number of nitrogens with one attached hydrogen (secondary N) is 2. The summed E-state index contributed by atoms with van der Waals surface area (Å²) in [5.74, 6) is 0. The molecular formula is C7H11N2O. The monoisotopic (exact) mass is 139 g/mol. The molecule has 0 saturated heterocycles. The molecule has 55 valence electrons. The van der Waals surface area contributed by atoms with Crippen LogP contribution < -0.4 is 10.6 Å². The number of hydrogen-bond donors (Lipinski definition) is 3. The van der Waals surface area contributed by atoms with Gasteiger partial charge < -0.3 is 15.7 Å². The average Bonchev–Trinajstić information content (AvgIpc) is 2.04. The van der Waals surface area contributed by atoms with Crippen LogP contribution in [0.5, 0.6) is 0 Å². The lowest BCUT2D eigenvalue weighted by Gasteiger charge is -2.19. The van der Waals surface area contributed by atoms with Crippen LogP contribution in [0.25, 0.3) is 0 Å². The first-order chi connectivity index (χ1) is 4.88. The predicted octanol–water partition coefficient (Wildman–Crippen LogP) is -0.269. The Hall–Kier alpha value is -0.960. The number of hydrogen-bond acceptors (Lipinski definition) is 3. The summed E-state index contributed by atoms with van der Waals surface area (Å²) in [5.41, 5.74) is 0.935. The topological polar surface area (TPSA) is 44.3 Å². The van der Waals surface area contributed by atoms with Crippen molar-refractivity contribution < 1.29 is 5.11 Å². The maximum atomic E-state index is 8.78. The minimum Gasteiger partial charge on any atom is -0.393 e. The Balaban J connectivity index is 2.61. The molecule has 3 heteroatoms. The molecule has 0 fully saturated rings. The van der Waals surface area contributed by atoms with Gasteiger partial charge in [-0.2, -0.15) is 0 Å². The van der Waals surface area contributed by atoms with Crippen LogP contribution in [0.1, 0.15) is 0 Å². The van der Waals surface area contributed by atoms with E-state index < -0.39 is 0 Å². The standard InChI is InChI=1S/C7H11N2O/c1-8-6-3-2-4-9-7(6)5-10/h2-4,8-10H,5H2,1H3. The van der Waals surface area contributed by atoms with Gasteiger partial charge in [-0.1, -0.05) is 0 Å². The summed E-state index contributed by atoms with van der Waals surface area (Å²) >= 11 is 0. The normalized spacial score (nSPS) is 18.0. The van der Waals surface area contributed by atoms with Gasteiger partial charge in [0.25, 0.3) is 0 Å². The first-order valence-corrected chi connectivity index (χ1v) is 3.16. The van der Waals surface area contributed by atoms with E-state index in [0.29, 0.717) is 0 Å². The second-order valence-electron chi connectivity index (χ2n) is 1.97. The summed E-state index contributed by atoms with van der Waals surface area (Å²) in [4.78, 5) is 0. The van der Waals surface area contributed by atoms with Crippen LogP contribution in [0.4, 0.5) is 0 Å². The fourth-order valence-electron chi connectivity index (χ4n) is 0.836. The molecule has 0 amide bonds.